The van der Waals surface area contributed by atoms with Crippen molar-refractivity contribution in [3.63, 3.8) is 0 Å². The molecule has 1 aliphatic rings. The van der Waals surface area contributed by atoms with E-state index < -0.39 is 42.3 Å². The van der Waals surface area contributed by atoms with Gasteiger partial charge in [-0.05, 0) is 37.8 Å². The van der Waals surface area contributed by atoms with Gasteiger partial charge in [0.2, 0.25) is 0 Å². The fourth-order valence-corrected chi connectivity index (χ4v) is 4.69. The molecule has 1 aliphatic heterocycles. The van der Waals surface area contributed by atoms with E-state index in [0.29, 0.717) is 23.5 Å². The van der Waals surface area contributed by atoms with Gasteiger partial charge in [0, 0.05) is 17.7 Å². The number of cyclic esters (lactones) is 1. The number of rotatable bonds is 3. The summed E-state index contributed by atoms with van der Waals surface area (Å²) < 4.78 is 18.6. The molecule has 2 N–H and O–H groups in total. The molecule has 0 aliphatic carbocycles. The third-order valence-corrected chi connectivity index (χ3v) is 7.55. The third kappa shape index (κ3) is 7.92. The summed E-state index contributed by atoms with van der Waals surface area (Å²) in [6.07, 6.45) is 5.51. The number of aromatic nitrogens is 1. The van der Waals surface area contributed by atoms with E-state index >= 15 is 0 Å². The van der Waals surface area contributed by atoms with Gasteiger partial charge in [-0.25, -0.2) is 9.37 Å². The Labute approximate surface area is 211 Å². The molecule has 0 aromatic carbocycles. The first-order valence-corrected chi connectivity index (χ1v) is 12.9. The molecule has 35 heavy (non-hydrogen) atoms. The number of carbonyl (C=O) groups excluding carboxylic acids is 2. The Balaban J connectivity index is 2.37. The SMILES string of the molecule is CC1=CC[C@@H](/C(C)=C/c2csc(CF)n2)OC(=O)C[C@H](O)C(C)(C)C(=O)[C@H](C)[C@@H](O)[C@@H](C)CC=C1. The number of aliphatic hydroxyl groups excluding tert-OH is 2. The standard InChI is InChI=1S/C27H38FNO5S/c1-16-8-7-9-17(2)25(32)19(4)26(33)27(5,6)22(30)13-24(31)34-21(11-10-16)18(3)12-20-15-35-23(14-28)29-20/h7-8,10,12,15,17,19,21-22,25,30,32H,9,11,13-14H2,1-6H3/b8-7?,16-10?,18-12+/t17-,19+,21-,22-,25-/m0/s1. The lowest BCUT2D eigenvalue weighted by Gasteiger charge is -2.34. The average Bonchev–Trinajstić information content (AvgIpc) is 3.26. The molecule has 6 nitrogen and oxygen atoms in total. The monoisotopic (exact) mass is 507 g/mol. The molecule has 0 bridgehead atoms. The van der Waals surface area contributed by atoms with Crippen LogP contribution in [0.25, 0.3) is 6.08 Å². The first kappa shape index (κ1) is 29.1. The van der Waals surface area contributed by atoms with Crippen molar-refractivity contribution < 1.29 is 28.9 Å². The van der Waals surface area contributed by atoms with E-state index in [9.17, 15) is 24.2 Å². The van der Waals surface area contributed by atoms with Crippen molar-refractivity contribution in [2.24, 2.45) is 17.3 Å². The van der Waals surface area contributed by atoms with E-state index in [-0.39, 0.29) is 18.1 Å². The maximum Gasteiger partial charge on any atom is 0.309 e. The minimum absolute atomic E-state index is 0.158. The first-order valence-electron chi connectivity index (χ1n) is 12.0. The number of carbonyl (C=O) groups is 2. The second kappa shape index (κ2) is 12.7. The highest BCUT2D eigenvalue weighted by Gasteiger charge is 2.42. The smallest absolute Gasteiger partial charge is 0.309 e. The van der Waals surface area contributed by atoms with Gasteiger partial charge < -0.3 is 14.9 Å². The van der Waals surface area contributed by atoms with E-state index in [2.05, 4.69) is 4.98 Å². The van der Waals surface area contributed by atoms with Crippen LogP contribution in [0.3, 0.4) is 0 Å². The summed E-state index contributed by atoms with van der Waals surface area (Å²) >= 11 is 1.22. The number of ether oxygens (including phenoxy) is 1. The zero-order chi connectivity index (χ0) is 26.3. The molecule has 0 saturated carbocycles. The predicted octanol–water partition coefficient (Wildman–Crippen LogP) is 5.20. The van der Waals surface area contributed by atoms with Crippen LogP contribution >= 0.6 is 11.3 Å². The fraction of sp³-hybridized carbons (Fsp3) is 0.593. The Morgan fingerprint density at radius 2 is 1.97 bits per heavy atom. The van der Waals surface area contributed by atoms with Crippen molar-refractivity contribution >= 4 is 29.2 Å². The van der Waals surface area contributed by atoms with Crippen LogP contribution in [0.5, 0.6) is 0 Å². The first-order chi connectivity index (χ1) is 16.4. The molecule has 0 radical (unpaired) electrons. The highest BCUT2D eigenvalue weighted by Crippen LogP contribution is 2.32. The van der Waals surface area contributed by atoms with Gasteiger partial charge in [-0.1, -0.05) is 51.5 Å². The molecule has 0 saturated heterocycles. The van der Waals surface area contributed by atoms with Crippen molar-refractivity contribution in [3.05, 3.63) is 45.5 Å². The van der Waals surface area contributed by atoms with Gasteiger partial charge >= 0.3 is 5.97 Å². The largest absolute Gasteiger partial charge is 0.457 e. The minimum Gasteiger partial charge on any atom is -0.457 e. The van der Waals surface area contributed by atoms with Gasteiger partial charge in [0.15, 0.2) is 0 Å². The topological polar surface area (TPSA) is 96.7 Å². The Morgan fingerprint density at radius 3 is 2.60 bits per heavy atom. The lowest BCUT2D eigenvalue weighted by molar-refractivity contribution is -0.154. The number of alkyl halides is 1. The Bertz CT molecular complexity index is 980. The van der Waals surface area contributed by atoms with Crippen molar-refractivity contribution in [2.75, 3.05) is 0 Å². The van der Waals surface area contributed by atoms with Crippen LogP contribution in [0.15, 0.2) is 34.8 Å². The summed E-state index contributed by atoms with van der Waals surface area (Å²) in [5, 5.41) is 23.7. The number of ketones is 1. The Morgan fingerprint density at radius 1 is 1.29 bits per heavy atom. The van der Waals surface area contributed by atoms with Crippen LogP contribution < -0.4 is 0 Å². The summed E-state index contributed by atoms with van der Waals surface area (Å²) in [6, 6.07) is 0. The number of thiazole rings is 1. The Kier molecular flexibility index (Phi) is 10.5. The molecule has 1 aromatic heterocycles. The Hall–Kier alpha value is -2.16. The molecule has 0 unspecified atom stereocenters. The van der Waals surface area contributed by atoms with E-state index in [4.69, 9.17) is 4.74 Å². The number of hydrogen-bond donors (Lipinski definition) is 2. The number of hydrogen-bond acceptors (Lipinski definition) is 7. The van der Waals surface area contributed by atoms with Crippen LogP contribution in [0.1, 0.15) is 71.5 Å². The summed E-state index contributed by atoms with van der Waals surface area (Å²) in [7, 11) is 0. The zero-order valence-corrected chi connectivity index (χ0v) is 22.3. The number of aliphatic hydroxyl groups is 2. The van der Waals surface area contributed by atoms with Gasteiger partial charge in [0.25, 0.3) is 0 Å². The lowest BCUT2D eigenvalue weighted by atomic mass is 9.73. The van der Waals surface area contributed by atoms with Crippen molar-refractivity contribution in [3.8, 4) is 0 Å². The van der Waals surface area contributed by atoms with E-state index in [1.807, 2.05) is 39.0 Å². The second-order valence-electron chi connectivity index (χ2n) is 10.1. The average molecular weight is 508 g/mol. The normalized spacial score (nSPS) is 29.6. The molecular weight excluding hydrogens is 469 g/mol. The number of Topliss-reactive ketones (excluding diaryl/α,β-unsaturated/α-hetero) is 1. The van der Waals surface area contributed by atoms with Crippen LogP contribution in [0, 0.1) is 17.3 Å². The number of halogens is 1. The van der Waals surface area contributed by atoms with E-state index in [0.717, 1.165) is 11.1 Å². The molecule has 2 heterocycles. The van der Waals surface area contributed by atoms with Gasteiger partial charge in [-0.2, -0.15) is 0 Å². The van der Waals surface area contributed by atoms with E-state index in [1.54, 1.807) is 32.2 Å². The number of allylic oxidation sites excluding steroid dienone is 3. The molecule has 0 spiro atoms. The highest BCUT2D eigenvalue weighted by atomic mass is 32.1. The van der Waals surface area contributed by atoms with Gasteiger partial charge in [-0.3, -0.25) is 9.59 Å². The highest BCUT2D eigenvalue weighted by molar-refractivity contribution is 7.09. The summed E-state index contributed by atoms with van der Waals surface area (Å²) in [5.41, 5.74) is 1.05. The van der Waals surface area contributed by atoms with Crippen LogP contribution in [-0.4, -0.2) is 45.3 Å². The lowest BCUT2D eigenvalue weighted by Crippen LogP contribution is -2.45. The number of nitrogens with zero attached hydrogens (tertiary/aromatic N) is 1. The predicted molar refractivity (Wildman–Crippen MR) is 136 cm³/mol. The summed E-state index contributed by atoms with van der Waals surface area (Å²) in [4.78, 5) is 30.2. The van der Waals surface area contributed by atoms with Gasteiger partial charge in [0.1, 0.15) is 23.6 Å². The molecule has 194 valence electrons. The molecule has 0 fully saturated rings. The minimum atomic E-state index is -1.27. The number of esters is 1. The maximum absolute atomic E-state index is 13.1. The molecule has 0 amide bonds. The second-order valence-corrected chi connectivity index (χ2v) is 11.0. The molecule has 1 aromatic rings. The fourth-order valence-electron chi connectivity index (χ4n) is 4.09. The molecule has 2 rings (SSSR count). The maximum atomic E-state index is 13.1. The molecular formula is C27H38FNO5S. The summed E-state index contributed by atoms with van der Waals surface area (Å²) in [5.74, 6) is -1.79. The third-order valence-electron chi connectivity index (χ3n) is 6.72. The van der Waals surface area contributed by atoms with Crippen molar-refractivity contribution in [1.29, 1.82) is 0 Å². The zero-order valence-electron chi connectivity index (χ0n) is 21.5. The van der Waals surface area contributed by atoms with Crippen LogP contribution in [0.2, 0.25) is 0 Å². The van der Waals surface area contributed by atoms with Crippen LogP contribution in [0.4, 0.5) is 4.39 Å². The van der Waals surface area contributed by atoms with Gasteiger partial charge in [0.05, 0.1) is 29.7 Å². The van der Waals surface area contributed by atoms with Crippen molar-refractivity contribution in [1.82, 2.24) is 4.98 Å². The van der Waals surface area contributed by atoms with Gasteiger partial charge in [-0.15, -0.1) is 11.3 Å². The molecule has 8 heteroatoms. The van der Waals surface area contributed by atoms with E-state index in [1.165, 1.54) is 11.3 Å². The molecule has 5 atom stereocenters. The summed E-state index contributed by atoms with van der Waals surface area (Å²) in [6.45, 7) is 9.84. The van der Waals surface area contributed by atoms with Crippen molar-refractivity contribution in [2.45, 2.75) is 85.8 Å². The van der Waals surface area contributed by atoms with Crippen LogP contribution in [-0.2, 0) is 21.0 Å². The quantitative estimate of drug-likeness (QED) is 0.546.